The molecule has 0 aromatic heterocycles. The van der Waals surface area contributed by atoms with Gasteiger partial charge in [0.25, 0.3) is 5.91 Å². The van der Waals surface area contributed by atoms with Gasteiger partial charge in [-0.1, -0.05) is 69.2 Å². The van der Waals surface area contributed by atoms with Gasteiger partial charge >= 0.3 is 0 Å². The van der Waals surface area contributed by atoms with Crippen molar-refractivity contribution in [3.63, 3.8) is 0 Å². The van der Waals surface area contributed by atoms with Crippen molar-refractivity contribution in [3.05, 3.63) is 66.9 Å². The zero-order valence-corrected chi connectivity index (χ0v) is 21.0. The number of hydrogen-bond donors (Lipinski definition) is 0. The van der Waals surface area contributed by atoms with Crippen molar-refractivity contribution in [2.75, 3.05) is 13.2 Å². The van der Waals surface area contributed by atoms with E-state index in [4.69, 9.17) is 44.9 Å². The Balaban J connectivity index is 1.53. The lowest BCUT2D eigenvalue weighted by Gasteiger charge is -2.18. The third-order valence-electron chi connectivity index (χ3n) is 4.94. The highest BCUT2D eigenvalue weighted by atomic mass is 79.9. The molecule has 4 rings (SSSR count). The second-order valence-corrected chi connectivity index (χ2v) is 10.6. The molecule has 4 nitrogen and oxygen atoms in total. The van der Waals surface area contributed by atoms with Crippen molar-refractivity contribution in [2.45, 2.75) is 25.6 Å². The Bertz CT molecular complexity index is 1060. The predicted molar refractivity (Wildman–Crippen MR) is 134 cm³/mol. The first kappa shape index (κ1) is 23.1. The van der Waals surface area contributed by atoms with Crippen LogP contribution in [0.25, 0.3) is 6.08 Å². The maximum absolute atomic E-state index is 13.0. The third-order valence-corrected chi connectivity index (χ3v) is 7.40. The second-order valence-electron chi connectivity index (χ2n) is 7.13. The van der Waals surface area contributed by atoms with Crippen molar-refractivity contribution in [1.29, 1.82) is 0 Å². The second kappa shape index (κ2) is 10.2. The molecule has 31 heavy (non-hydrogen) atoms. The van der Waals surface area contributed by atoms with Gasteiger partial charge in [0.05, 0.1) is 17.6 Å². The summed E-state index contributed by atoms with van der Waals surface area (Å²) in [5, 5.41) is 1.12. The molecule has 1 amide bonds. The van der Waals surface area contributed by atoms with Crippen molar-refractivity contribution in [2.24, 2.45) is 0 Å². The number of carbonyl (C=O) groups is 1. The fraction of sp³-hybridized carbons (Fsp3) is 0.273. The number of hydrogen-bond acceptors (Lipinski definition) is 5. The first-order valence-electron chi connectivity index (χ1n) is 9.64. The highest BCUT2D eigenvalue weighted by Gasteiger charge is 2.34. The van der Waals surface area contributed by atoms with Crippen molar-refractivity contribution >= 4 is 79.4 Å². The number of amides is 1. The molecule has 162 valence electrons. The quantitative estimate of drug-likeness (QED) is 0.291. The molecular formula is C22H18BrCl2NO3S2. The van der Waals surface area contributed by atoms with Gasteiger partial charge in [-0.2, -0.15) is 0 Å². The molecule has 2 aromatic rings. The summed E-state index contributed by atoms with van der Waals surface area (Å²) in [5.74, 6) is 0.538. The fourth-order valence-electron chi connectivity index (χ4n) is 3.35. The lowest BCUT2D eigenvalue weighted by atomic mass is 10.1. The van der Waals surface area contributed by atoms with Gasteiger partial charge in [-0.15, -0.1) is 0 Å². The smallest absolute Gasteiger partial charge is 0.266 e. The van der Waals surface area contributed by atoms with Crippen LogP contribution in [0, 0.1) is 0 Å². The van der Waals surface area contributed by atoms with E-state index in [9.17, 15) is 4.79 Å². The van der Waals surface area contributed by atoms with E-state index in [1.807, 2.05) is 30.3 Å². The molecule has 0 N–H and O–H groups in total. The maximum atomic E-state index is 13.0. The Hall–Kier alpha value is -1.09. The summed E-state index contributed by atoms with van der Waals surface area (Å²) in [6, 6.07) is 10.9. The van der Waals surface area contributed by atoms with E-state index >= 15 is 0 Å². The molecule has 2 aromatic carbocycles. The third kappa shape index (κ3) is 5.64. The zero-order chi connectivity index (χ0) is 22.0. The van der Waals surface area contributed by atoms with Crippen molar-refractivity contribution < 1.29 is 14.3 Å². The largest absolute Gasteiger partial charge is 0.488 e. The zero-order valence-electron chi connectivity index (χ0n) is 16.3. The molecule has 2 fully saturated rings. The average Bonchev–Trinajstić information content (AvgIpc) is 3.33. The van der Waals surface area contributed by atoms with Crippen LogP contribution in [0.2, 0.25) is 10.0 Å². The molecule has 2 heterocycles. The SMILES string of the molecule is O=C1/C(=C/c2cc(Br)ccc2OCc2ccc(Cl)cc2Cl)SC(=S)N1C[C@@H]1CCCO1. The van der Waals surface area contributed by atoms with Gasteiger partial charge in [0.15, 0.2) is 0 Å². The van der Waals surface area contributed by atoms with E-state index < -0.39 is 0 Å². The summed E-state index contributed by atoms with van der Waals surface area (Å²) in [6.07, 6.45) is 3.84. The van der Waals surface area contributed by atoms with Gasteiger partial charge < -0.3 is 9.47 Å². The van der Waals surface area contributed by atoms with Crippen LogP contribution in [0.5, 0.6) is 5.75 Å². The van der Waals surface area contributed by atoms with Gasteiger partial charge in [0.1, 0.15) is 16.7 Å². The topological polar surface area (TPSA) is 38.8 Å². The minimum Gasteiger partial charge on any atom is -0.488 e. The Morgan fingerprint density at radius 2 is 2.13 bits per heavy atom. The Kier molecular flexibility index (Phi) is 7.62. The number of rotatable bonds is 6. The molecule has 0 spiro atoms. The Labute approximate surface area is 209 Å². The van der Waals surface area contributed by atoms with Crippen molar-refractivity contribution in [1.82, 2.24) is 4.90 Å². The molecule has 2 aliphatic rings. The van der Waals surface area contributed by atoms with Crippen molar-refractivity contribution in [3.8, 4) is 5.75 Å². The van der Waals surface area contributed by atoms with E-state index in [1.54, 1.807) is 17.0 Å². The van der Waals surface area contributed by atoms with E-state index in [-0.39, 0.29) is 18.6 Å². The summed E-state index contributed by atoms with van der Waals surface area (Å²) in [4.78, 5) is 15.2. The predicted octanol–water partition coefficient (Wildman–Crippen LogP) is 6.72. The van der Waals surface area contributed by atoms with Crippen LogP contribution in [0.3, 0.4) is 0 Å². The Morgan fingerprint density at radius 1 is 1.29 bits per heavy atom. The normalized spacial score (nSPS) is 20.2. The van der Waals surface area contributed by atoms with E-state index in [0.717, 1.165) is 35.0 Å². The van der Waals surface area contributed by atoms with E-state index in [1.165, 1.54) is 11.8 Å². The standard InChI is InChI=1S/C22H18BrCl2NO3S2/c23-15-4-6-19(29-12-13-3-5-16(24)10-18(13)25)14(8-15)9-20-21(27)26(22(30)31-20)11-17-2-1-7-28-17/h3-6,8-10,17H,1-2,7,11-12H2/b20-9-/t17-/m0/s1. The van der Waals surface area contributed by atoms with Crippen LogP contribution >= 0.6 is 63.1 Å². The van der Waals surface area contributed by atoms with E-state index in [0.29, 0.717) is 31.6 Å². The summed E-state index contributed by atoms with van der Waals surface area (Å²) in [7, 11) is 0. The van der Waals surface area contributed by atoms with Crippen LogP contribution in [0.1, 0.15) is 24.0 Å². The summed E-state index contributed by atoms with van der Waals surface area (Å²) in [6.45, 7) is 1.52. The lowest BCUT2D eigenvalue weighted by molar-refractivity contribution is -0.123. The minimum absolute atomic E-state index is 0.0516. The number of nitrogens with zero attached hydrogens (tertiary/aromatic N) is 1. The van der Waals surface area contributed by atoms with Crippen LogP contribution < -0.4 is 4.74 Å². The Morgan fingerprint density at radius 3 is 2.87 bits per heavy atom. The summed E-state index contributed by atoms with van der Waals surface area (Å²) >= 11 is 22.5. The van der Waals surface area contributed by atoms with Crippen LogP contribution in [0.4, 0.5) is 0 Å². The minimum atomic E-state index is -0.0998. The summed E-state index contributed by atoms with van der Waals surface area (Å²) in [5.41, 5.74) is 1.60. The number of halogens is 3. The molecule has 2 aliphatic heterocycles. The van der Waals surface area contributed by atoms with E-state index in [2.05, 4.69) is 15.9 Å². The molecule has 0 bridgehead atoms. The number of carbonyl (C=O) groups excluding carboxylic acids is 1. The molecular weight excluding hydrogens is 541 g/mol. The van der Waals surface area contributed by atoms with Gasteiger partial charge in [0.2, 0.25) is 0 Å². The van der Waals surface area contributed by atoms with Gasteiger partial charge in [-0.3, -0.25) is 9.69 Å². The highest BCUT2D eigenvalue weighted by Crippen LogP contribution is 2.36. The summed E-state index contributed by atoms with van der Waals surface area (Å²) < 4.78 is 13.1. The first-order chi connectivity index (χ1) is 14.9. The van der Waals surface area contributed by atoms with Crippen LogP contribution in [-0.4, -0.2) is 34.4 Å². The molecule has 9 heteroatoms. The fourth-order valence-corrected chi connectivity index (χ4v) is 5.46. The molecule has 0 saturated carbocycles. The molecule has 0 unspecified atom stereocenters. The number of thioether (sulfide) groups is 1. The monoisotopic (exact) mass is 557 g/mol. The molecule has 0 radical (unpaired) electrons. The molecule has 1 atom stereocenters. The number of benzene rings is 2. The lowest BCUT2D eigenvalue weighted by Crippen LogP contribution is -2.35. The van der Waals surface area contributed by atoms with Crippen LogP contribution in [-0.2, 0) is 16.1 Å². The highest BCUT2D eigenvalue weighted by molar-refractivity contribution is 9.10. The van der Waals surface area contributed by atoms with Gasteiger partial charge in [0, 0.05) is 32.3 Å². The van der Waals surface area contributed by atoms with Gasteiger partial charge in [-0.25, -0.2) is 0 Å². The molecule has 2 saturated heterocycles. The average molecular weight is 559 g/mol. The number of ether oxygens (including phenoxy) is 2. The first-order valence-corrected chi connectivity index (χ1v) is 12.4. The van der Waals surface area contributed by atoms with Crippen LogP contribution in [0.15, 0.2) is 45.8 Å². The maximum Gasteiger partial charge on any atom is 0.266 e. The number of thiocarbonyl (C=S) groups is 1. The van der Waals surface area contributed by atoms with Gasteiger partial charge in [-0.05, 0) is 49.2 Å². The molecule has 0 aliphatic carbocycles.